The Kier molecular flexibility index (Phi) is 4.78. The lowest BCUT2D eigenvalue weighted by molar-refractivity contribution is 0.275. The molecule has 0 spiro atoms. The molecule has 0 aliphatic heterocycles. The highest BCUT2D eigenvalue weighted by atomic mass is 79.9. The summed E-state index contributed by atoms with van der Waals surface area (Å²) in [6, 6.07) is 7.82. The first-order chi connectivity index (χ1) is 9.51. The fourth-order valence-corrected chi connectivity index (χ4v) is 2.52. The third-order valence-electron chi connectivity index (χ3n) is 3.14. The van der Waals surface area contributed by atoms with Crippen molar-refractivity contribution in [3.05, 3.63) is 51.6 Å². The van der Waals surface area contributed by atoms with Gasteiger partial charge in [0.1, 0.15) is 5.75 Å². The zero-order chi connectivity index (χ0) is 14.7. The van der Waals surface area contributed by atoms with Gasteiger partial charge in [0.05, 0.1) is 6.61 Å². The van der Waals surface area contributed by atoms with Gasteiger partial charge in [0.25, 0.3) is 0 Å². The summed E-state index contributed by atoms with van der Waals surface area (Å²) in [6.45, 7) is 6.31. The Labute approximate surface area is 127 Å². The summed E-state index contributed by atoms with van der Waals surface area (Å²) in [6.07, 6.45) is 1.66. The number of aliphatic hydroxyl groups excluding tert-OH is 1. The summed E-state index contributed by atoms with van der Waals surface area (Å²) in [5.74, 6) is 1.66. The summed E-state index contributed by atoms with van der Waals surface area (Å²) >= 11 is 3.33. The highest BCUT2D eigenvalue weighted by Crippen LogP contribution is 2.28. The number of benzene rings is 1. The van der Waals surface area contributed by atoms with Gasteiger partial charge in [-0.3, -0.25) is 0 Å². The molecule has 20 heavy (non-hydrogen) atoms. The van der Waals surface area contributed by atoms with Crippen LogP contribution in [0.2, 0.25) is 0 Å². The Morgan fingerprint density at radius 1 is 1.30 bits per heavy atom. The Balaban J connectivity index is 2.28. The zero-order valence-electron chi connectivity index (χ0n) is 11.9. The lowest BCUT2D eigenvalue weighted by Crippen LogP contribution is -1.97. The van der Waals surface area contributed by atoms with Crippen LogP contribution >= 0.6 is 15.9 Å². The van der Waals surface area contributed by atoms with Gasteiger partial charge in [-0.1, -0.05) is 19.9 Å². The van der Waals surface area contributed by atoms with E-state index < -0.39 is 0 Å². The number of rotatable bonds is 4. The van der Waals surface area contributed by atoms with Gasteiger partial charge in [0, 0.05) is 16.2 Å². The normalized spacial score (nSPS) is 10.9. The topological polar surface area (TPSA) is 42.4 Å². The number of aliphatic hydroxyl groups is 1. The highest BCUT2D eigenvalue weighted by molar-refractivity contribution is 9.10. The molecule has 0 unspecified atom stereocenters. The van der Waals surface area contributed by atoms with Crippen molar-refractivity contribution in [1.82, 2.24) is 4.98 Å². The fraction of sp³-hybridized carbons (Fsp3) is 0.312. The standard InChI is InChI=1S/C16H18BrNO2/c1-10(2)15-5-4-14(6-11(15)3)20-16-12(9-19)7-13(17)8-18-16/h4-8,10,19H,9H2,1-3H3. The summed E-state index contributed by atoms with van der Waals surface area (Å²) in [5, 5.41) is 9.35. The Hall–Kier alpha value is -1.39. The van der Waals surface area contributed by atoms with E-state index >= 15 is 0 Å². The second-order valence-corrected chi connectivity index (χ2v) is 5.97. The van der Waals surface area contributed by atoms with Crippen molar-refractivity contribution in [3.63, 3.8) is 0 Å². The maximum Gasteiger partial charge on any atom is 0.224 e. The predicted molar refractivity (Wildman–Crippen MR) is 83.2 cm³/mol. The molecule has 2 aromatic rings. The van der Waals surface area contributed by atoms with Crippen LogP contribution in [0.4, 0.5) is 0 Å². The van der Waals surface area contributed by atoms with Gasteiger partial charge >= 0.3 is 0 Å². The van der Waals surface area contributed by atoms with Gasteiger partial charge in [-0.05, 0) is 58.1 Å². The number of hydrogen-bond donors (Lipinski definition) is 1. The zero-order valence-corrected chi connectivity index (χ0v) is 13.4. The molecule has 106 valence electrons. The Bertz CT molecular complexity index is 611. The van der Waals surface area contributed by atoms with Crippen molar-refractivity contribution in [3.8, 4) is 11.6 Å². The quantitative estimate of drug-likeness (QED) is 0.890. The minimum absolute atomic E-state index is 0.106. The molecule has 0 aliphatic rings. The summed E-state index contributed by atoms with van der Waals surface area (Å²) < 4.78 is 6.60. The van der Waals surface area contributed by atoms with E-state index in [1.807, 2.05) is 12.1 Å². The molecule has 0 atom stereocenters. The highest BCUT2D eigenvalue weighted by Gasteiger charge is 2.09. The van der Waals surface area contributed by atoms with E-state index in [4.69, 9.17) is 4.74 Å². The van der Waals surface area contributed by atoms with Gasteiger partial charge in [-0.25, -0.2) is 4.98 Å². The fourth-order valence-electron chi connectivity index (χ4n) is 2.14. The average Bonchev–Trinajstić information content (AvgIpc) is 2.40. The molecular formula is C16H18BrNO2. The monoisotopic (exact) mass is 335 g/mol. The molecule has 1 aromatic heterocycles. The summed E-state index contributed by atoms with van der Waals surface area (Å²) in [5.41, 5.74) is 3.16. The van der Waals surface area contributed by atoms with Crippen molar-refractivity contribution in [2.45, 2.75) is 33.3 Å². The van der Waals surface area contributed by atoms with E-state index in [0.717, 1.165) is 10.2 Å². The van der Waals surface area contributed by atoms with E-state index in [1.54, 1.807) is 12.3 Å². The molecule has 1 N–H and O–H groups in total. The van der Waals surface area contributed by atoms with Gasteiger partial charge in [-0.15, -0.1) is 0 Å². The lowest BCUT2D eigenvalue weighted by atomic mass is 9.98. The van der Waals surface area contributed by atoms with Gasteiger partial charge in [-0.2, -0.15) is 0 Å². The minimum atomic E-state index is -0.106. The molecule has 1 heterocycles. The van der Waals surface area contributed by atoms with E-state index in [2.05, 4.69) is 47.8 Å². The van der Waals surface area contributed by atoms with Crippen LogP contribution in [0.1, 0.15) is 36.5 Å². The molecule has 0 amide bonds. The molecular weight excluding hydrogens is 318 g/mol. The van der Waals surface area contributed by atoms with Crippen LogP contribution < -0.4 is 4.74 Å². The van der Waals surface area contributed by atoms with Crippen LogP contribution in [0.15, 0.2) is 34.9 Å². The van der Waals surface area contributed by atoms with Gasteiger partial charge < -0.3 is 9.84 Å². The second-order valence-electron chi connectivity index (χ2n) is 5.05. The average molecular weight is 336 g/mol. The smallest absolute Gasteiger partial charge is 0.224 e. The van der Waals surface area contributed by atoms with E-state index in [-0.39, 0.29) is 6.61 Å². The molecule has 0 aliphatic carbocycles. The number of aryl methyl sites for hydroxylation is 1. The first kappa shape index (κ1) is 15.0. The van der Waals surface area contributed by atoms with Crippen LogP contribution in [0.25, 0.3) is 0 Å². The largest absolute Gasteiger partial charge is 0.439 e. The predicted octanol–water partition coefficient (Wildman–Crippen LogP) is 4.56. The number of nitrogens with zero attached hydrogens (tertiary/aromatic N) is 1. The number of hydrogen-bond acceptors (Lipinski definition) is 3. The molecule has 0 saturated carbocycles. The van der Waals surface area contributed by atoms with Crippen LogP contribution in [0.5, 0.6) is 11.6 Å². The molecule has 1 aromatic carbocycles. The van der Waals surface area contributed by atoms with Crippen molar-refractivity contribution in [1.29, 1.82) is 0 Å². The molecule has 3 nitrogen and oxygen atoms in total. The molecule has 0 bridgehead atoms. The molecule has 4 heteroatoms. The van der Waals surface area contributed by atoms with E-state index in [0.29, 0.717) is 17.4 Å². The van der Waals surface area contributed by atoms with E-state index in [9.17, 15) is 5.11 Å². The molecule has 0 fully saturated rings. The van der Waals surface area contributed by atoms with Crippen molar-refractivity contribution in [2.75, 3.05) is 0 Å². The Morgan fingerprint density at radius 3 is 2.65 bits per heavy atom. The van der Waals surface area contributed by atoms with Crippen molar-refractivity contribution < 1.29 is 9.84 Å². The second kappa shape index (κ2) is 6.37. The SMILES string of the molecule is Cc1cc(Oc2ncc(Br)cc2CO)ccc1C(C)C. The summed E-state index contributed by atoms with van der Waals surface area (Å²) in [7, 11) is 0. The number of halogens is 1. The van der Waals surface area contributed by atoms with Crippen molar-refractivity contribution >= 4 is 15.9 Å². The number of aromatic nitrogens is 1. The maximum absolute atomic E-state index is 9.35. The van der Waals surface area contributed by atoms with Crippen molar-refractivity contribution in [2.24, 2.45) is 0 Å². The number of pyridine rings is 1. The molecule has 0 radical (unpaired) electrons. The minimum Gasteiger partial charge on any atom is -0.439 e. The van der Waals surface area contributed by atoms with Gasteiger partial charge in [0.15, 0.2) is 0 Å². The van der Waals surface area contributed by atoms with Crippen LogP contribution in [-0.4, -0.2) is 10.1 Å². The third kappa shape index (κ3) is 3.38. The lowest BCUT2D eigenvalue weighted by Gasteiger charge is -2.13. The number of ether oxygens (including phenoxy) is 1. The van der Waals surface area contributed by atoms with Crippen LogP contribution in [0, 0.1) is 6.92 Å². The van der Waals surface area contributed by atoms with Crippen LogP contribution in [0.3, 0.4) is 0 Å². The summed E-state index contributed by atoms with van der Waals surface area (Å²) in [4.78, 5) is 4.20. The molecule has 0 saturated heterocycles. The first-order valence-corrected chi connectivity index (χ1v) is 7.34. The van der Waals surface area contributed by atoms with Crippen LogP contribution in [-0.2, 0) is 6.61 Å². The molecule has 2 rings (SSSR count). The third-order valence-corrected chi connectivity index (χ3v) is 3.57. The Morgan fingerprint density at radius 2 is 2.05 bits per heavy atom. The van der Waals surface area contributed by atoms with E-state index in [1.165, 1.54) is 11.1 Å². The first-order valence-electron chi connectivity index (χ1n) is 6.55. The maximum atomic E-state index is 9.35. The van der Waals surface area contributed by atoms with Gasteiger partial charge in [0.2, 0.25) is 5.88 Å².